The summed E-state index contributed by atoms with van der Waals surface area (Å²) < 4.78 is 5.89. The molecule has 0 fully saturated rings. The van der Waals surface area contributed by atoms with Crippen molar-refractivity contribution < 1.29 is 14.5 Å². The number of esters is 1. The molecule has 3 rings (SSSR count). The molecule has 26 heavy (non-hydrogen) atoms. The van der Waals surface area contributed by atoms with Crippen molar-refractivity contribution in [2.45, 2.75) is 12.5 Å². The van der Waals surface area contributed by atoms with Crippen LogP contribution in [-0.4, -0.2) is 10.9 Å². The van der Waals surface area contributed by atoms with Gasteiger partial charge in [0.25, 0.3) is 5.69 Å². The monoisotopic (exact) mass is 347 g/mol. The molecule has 0 aliphatic rings. The summed E-state index contributed by atoms with van der Waals surface area (Å²) in [6, 6.07) is 24.3. The zero-order chi connectivity index (χ0) is 18.6. The molecule has 130 valence electrons. The molecule has 0 spiro atoms. The van der Waals surface area contributed by atoms with Gasteiger partial charge < -0.3 is 4.74 Å². The van der Waals surface area contributed by atoms with Crippen molar-refractivity contribution in [3.05, 3.63) is 112 Å². The van der Waals surface area contributed by atoms with Gasteiger partial charge in [-0.15, -0.1) is 0 Å². The molecule has 3 aromatic carbocycles. The lowest BCUT2D eigenvalue weighted by Gasteiger charge is -2.30. The molecule has 5 heteroatoms. The fraction of sp³-hybridized carbons (Fsp3) is 0.0952. The summed E-state index contributed by atoms with van der Waals surface area (Å²) in [6.45, 7) is 1.83. The molecule has 0 aliphatic carbocycles. The summed E-state index contributed by atoms with van der Waals surface area (Å²) in [5, 5.41) is 10.8. The van der Waals surface area contributed by atoms with Gasteiger partial charge in [-0.25, -0.2) is 4.79 Å². The van der Waals surface area contributed by atoms with E-state index in [1.165, 1.54) is 24.3 Å². The lowest BCUT2D eigenvalue weighted by atomic mass is 9.88. The number of rotatable bonds is 5. The van der Waals surface area contributed by atoms with Crippen molar-refractivity contribution in [3.8, 4) is 0 Å². The van der Waals surface area contributed by atoms with E-state index >= 15 is 0 Å². The first-order valence-corrected chi connectivity index (χ1v) is 8.09. The Morgan fingerprint density at radius 2 is 1.31 bits per heavy atom. The maximum atomic E-state index is 12.7. The van der Waals surface area contributed by atoms with Crippen LogP contribution in [0, 0.1) is 10.1 Å². The highest BCUT2D eigenvalue weighted by Gasteiger charge is 2.33. The number of benzene rings is 3. The highest BCUT2D eigenvalue weighted by Crippen LogP contribution is 2.34. The van der Waals surface area contributed by atoms with Crippen LogP contribution in [0.2, 0.25) is 0 Å². The first-order valence-electron chi connectivity index (χ1n) is 8.09. The van der Waals surface area contributed by atoms with E-state index in [2.05, 4.69) is 0 Å². The highest BCUT2D eigenvalue weighted by molar-refractivity contribution is 5.90. The first-order chi connectivity index (χ1) is 12.5. The van der Waals surface area contributed by atoms with E-state index in [4.69, 9.17) is 4.74 Å². The van der Waals surface area contributed by atoms with Crippen LogP contribution in [0.25, 0.3) is 0 Å². The zero-order valence-electron chi connectivity index (χ0n) is 14.2. The molecule has 0 aromatic heterocycles. The highest BCUT2D eigenvalue weighted by atomic mass is 16.6. The van der Waals surface area contributed by atoms with Gasteiger partial charge in [-0.2, -0.15) is 0 Å². The number of hydrogen-bond acceptors (Lipinski definition) is 4. The van der Waals surface area contributed by atoms with Gasteiger partial charge in [0.1, 0.15) is 0 Å². The van der Waals surface area contributed by atoms with Crippen LogP contribution in [0.15, 0.2) is 84.9 Å². The zero-order valence-corrected chi connectivity index (χ0v) is 14.2. The Kier molecular flexibility index (Phi) is 4.80. The molecule has 3 aromatic rings. The molecule has 0 aliphatic heterocycles. The normalized spacial score (nSPS) is 11.0. The number of nitro groups is 1. The number of ether oxygens (including phenoxy) is 1. The summed E-state index contributed by atoms with van der Waals surface area (Å²) >= 11 is 0. The van der Waals surface area contributed by atoms with Crippen LogP contribution in [0.3, 0.4) is 0 Å². The lowest BCUT2D eigenvalue weighted by molar-refractivity contribution is -0.384. The molecule has 0 unspecified atom stereocenters. The van der Waals surface area contributed by atoms with Crippen LogP contribution in [-0.2, 0) is 10.3 Å². The van der Waals surface area contributed by atoms with Crippen LogP contribution in [0.5, 0.6) is 0 Å². The second-order valence-electron chi connectivity index (χ2n) is 5.96. The fourth-order valence-electron chi connectivity index (χ4n) is 2.76. The Hall–Kier alpha value is -3.47. The van der Waals surface area contributed by atoms with Crippen molar-refractivity contribution in [2.75, 3.05) is 0 Å². The SMILES string of the molecule is CC(OC(=O)c1ccc([N+](=O)[O-])cc1)(c1ccccc1)c1ccccc1. The van der Waals surface area contributed by atoms with Gasteiger partial charge in [-0.1, -0.05) is 60.7 Å². The maximum absolute atomic E-state index is 12.7. The van der Waals surface area contributed by atoms with Crippen molar-refractivity contribution in [2.24, 2.45) is 0 Å². The van der Waals surface area contributed by atoms with Crippen molar-refractivity contribution in [1.82, 2.24) is 0 Å². The second-order valence-corrected chi connectivity index (χ2v) is 5.96. The number of nitrogens with zero attached hydrogens (tertiary/aromatic N) is 1. The van der Waals surface area contributed by atoms with Crippen LogP contribution in [0.1, 0.15) is 28.4 Å². The van der Waals surface area contributed by atoms with Crippen molar-refractivity contribution in [1.29, 1.82) is 0 Å². The second kappa shape index (κ2) is 7.19. The quantitative estimate of drug-likeness (QED) is 0.380. The largest absolute Gasteiger partial charge is 0.446 e. The smallest absolute Gasteiger partial charge is 0.339 e. The summed E-state index contributed by atoms with van der Waals surface area (Å²) in [5.41, 5.74) is 0.869. The minimum Gasteiger partial charge on any atom is -0.446 e. The van der Waals surface area contributed by atoms with Gasteiger partial charge in [0.15, 0.2) is 5.60 Å². The number of nitro benzene ring substituents is 1. The molecular weight excluding hydrogens is 330 g/mol. The van der Waals surface area contributed by atoms with E-state index < -0.39 is 16.5 Å². The molecule has 5 nitrogen and oxygen atoms in total. The molecule has 0 amide bonds. The maximum Gasteiger partial charge on any atom is 0.339 e. The predicted octanol–water partition coefficient (Wildman–Crippen LogP) is 4.72. The Morgan fingerprint density at radius 1 is 0.846 bits per heavy atom. The van der Waals surface area contributed by atoms with Crippen LogP contribution >= 0.6 is 0 Å². The van der Waals surface area contributed by atoms with Crippen molar-refractivity contribution in [3.63, 3.8) is 0 Å². The third-order valence-electron chi connectivity index (χ3n) is 4.26. The molecule has 0 atom stereocenters. The average molecular weight is 347 g/mol. The molecule has 0 bridgehead atoms. The Morgan fingerprint density at radius 3 is 1.73 bits per heavy atom. The molecule has 0 saturated heterocycles. The van der Waals surface area contributed by atoms with Crippen molar-refractivity contribution >= 4 is 11.7 Å². The average Bonchev–Trinajstić information content (AvgIpc) is 2.69. The molecule has 0 heterocycles. The van der Waals surface area contributed by atoms with E-state index in [1.807, 2.05) is 67.6 Å². The number of carbonyl (C=O) groups is 1. The summed E-state index contributed by atoms with van der Waals surface area (Å²) in [6.07, 6.45) is 0. The number of carbonyl (C=O) groups excluding carboxylic acids is 1. The van der Waals surface area contributed by atoms with Gasteiger partial charge >= 0.3 is 5.97 Å². The van der Waals surface area contributed by atoms with Crippen LogP contribution in [0.4, 0.5) is 5.69 Å². The summed E-state index contributed by atoms with van der Waals surface area (Å²) in [7, 11) is 0. The minimum absolute atomic E-state index is 0.0737. The fourth-order valence-corrected chi connectivity index (χ4v) is 2.76. The van der Waals surface area contributed by atoms with Gasteiger partial charge in [0, 0.05) is 12.1 Å². The Labute approximate surface area is 151 Å². The third kappa shape index (κ3) is 3.47. The molecule has 0 saturated carbocycles. The number of hydrogen-bond donors (Lipinski definition) is 0. The van der Waals surface area contributed by atoms with Crippen LogP contribution < -0.4 is 0 Å². The van der Waals surface area contributed by atoms with Gasteiger partial charge in [-0.3, -0.25) is 10.1 Å². The first kappa shape index (κ1) is 17.4. The topological polar surface area (TPSA) is 69.4 Å². The van der Waals surface area contributed by atoms with Gasteiger partial charge in [-0.05, 0) is 30.2 Å². The minimum atomic E-state index is -0.985. The van der Waals surface area contributed by atoms with E-state index in [0.29, 0.717) is 0 Å². The van der Waals surface area contributed by atoms with Gasteiger partial charge in [0.2, 0.25) is 0 Å². The molecular formula is C21H17NO4. The molecule has 0 radical (unpaired) electrons. The van der Waals surface area contributed by atoms with Gasteiger partial charge in [0.05, 0.1) is 10.5 Å². The third-order valence-corrected chi connectivity index (χ3v) is 4.26. The predicted molar refractivity (Wildman–Crippen MR) is 97.8 cm³/mol. The van der Waals surface area contributed by atoms with E-state index in [1.54, 1.807) is 0 Å². The number of non-ortho nitro benzene ring substituents is 1. The van der Waals surface area contributed by atoms with E-state index in [-0.39, 0.29) is 11.3 Å². The van der Waals surface area contributed by atoms with E-state index in [9.17, 15) is 14.9 Å². The standard InChI is InChI=1S/C21H17NO4/c1-21(17-8-4-2-5-9-17,18-10-6-3-7-11-18)26-20(23)16-12-14-19(15-13-16)22(24)25/h2-15H,1H3. The molecule has 0 N–H and O–H groups in total. The Balaban J connectivity index is 1.96. The summed E-state index contributed by atoms with van der Waals surface area (Å²) in [4.78, 5) is 23.0. The lowest BCUT2D eigenvalue weighted by Crippen LogP contribution is -2.30. The van der Waals surface area contributed by atoms with E-state index in [0.717, 1.165) is 11.1 Å². The Bertz CT molecular complexity index is 866. The summed E-state index contributed by atoms with van der Waals surface area (Å²) in [5.74, 6) is -0.546.